The van der Waals surface area contributed by atoms with Crippen LogP contribution < -0.4 is 4.74 Å². The van der Waals surface area contributed by atoms with Gasteiger partial charge in [0.25, 0.3) is 0 Å². The molecule has 0 amide bonds. The number of ether oxygens (including phenoxy) is 1. The predicted molar refractivity (Wildman–Crippen MR) is 101 cm³/mol. The van der Waals surface area contributed by atoms with Gasteiger partial charge in [0.1, 0.15) is 12.4 Å². The van der Waals surface area contributed by atoms with Gasteiger partial charge in [-0.25, -0.2) is 0 Å². The lowest BCUT2D eigenvalue weighted by Crippen LogP contribution is -2.28. The highest BCUT2D eigenvalue weighted by atomic mass is 16.5. The Morgan fingerprint density at radius 3 is 2.52 bits per heavy atom. The molecule has 3 rings (SSSR count). The van der Waals surface area contributed by atoms with Crippen LogP contribution in [0.2, 0.25) is 0 Å². The molecule has 134 valence electrons. The van der Waals surface area contributed by atoms with Crippen molar-refractivity contribution >= 4 is 11.5 Å². The van der Waals surface area contributed by atoms with Gasteiger partial charge in [-0.05, 0) is 66.4 Å². The number of allylic oxidation sites excluding steroid dienone is 1. The molecule has 0 bridgehead atoms. The van der Waals surface area contributed by atoms with Crippen molar-refractivity contribution in [2.24, 2.45) is 5.41 Å². The predicted octanol–water partition coefficient (Wildman–Crippen LogP) is 5.61. The highest BCUT2D eigenvalue weighted by molar-refractivity contribution is 5.83. The van der Waals surface area contributed by atoms with Crippen LogP contribution >= 0.6 is 0 Å². The van der Waals surface area contributed by atoms with Gasteiger partial charge in [-0.2, -0.15) is 0 Å². The SMILES string of the molecule is C=C(CC(=O)O)c1ccc(OCC2=CCCC3(CCCCC3)C2)cc1. The zero-order chi connectivity index (χ0) is 17.7. The van der Waals surface area contributed by atoms with Crippen LogP contribution in [0, 0.1) is 5.41 Å². The van der Waals surface area contributed by atoms with Crippen molar-refractivity contribution in [2.75, 3.05) is 6.61 Å². The Hall–Kier alpha value is -2.03. The van der Waals surface area contributed by atoms with E-state index in [0.29, 0.717) is 17.6 Å². The zero-order valence-corrected chi connectivity index (χ0v) is 14.9. The summed E-state index contributed by atoms with van der Waals surface area (Å²) in [6, 6.07) is 7.58. The van der Waals surface area contributed by atoms with Gasteiger partial charge in [0.2, 0.25) is 0 Å². The van der Waals surface area contributed by atoms with Crippen LogP contribution in [-0.2, 0) is 4.79 Å². The molecule has 3 heteroatoms. The van der Waals surface area contributed by atoms with Crippen LogP contribution in [0.1, 0.15) is 63.4 Å². The first-order chi connectivity index (χ1) is 12.1. The van der Waals surface area contributed by atoms with Gasteiger partial charge < -0.3 is 9.84 Å². The number of hydrogen-bond acceptors (Lipinski definition) is 2. The fourth-order valence-electron chi connectivity index (χ4n) is 4.31. The molecule has 0 aromatic heterocycles. The molecular weight excluding hydrogens is 312 g/mol. The molecule has 1 saturated carbocycles. The number of carboxylic acid groups (broad SMARTS) is 1. The first kappa shape index (κ1) is 17.8. The van der Waals surface area contributed by atoms with E-state index < -0.39 is 5.97 Å². The van der Waals surface area contributed by atoms with Crippen LogP contribution in [-0.4, -0.2) is 17.7 Å². The highest BCUT2D eigenvalue weighted by Crippen LogP contribution is 2.47. The number of carbonyl (C=O) groups is 1. The summed E-state index contributed by atoms with van der Waals surface area (Å²) in [5.41, 5.74) is 3.46. The molecule has 1 spiro atoms. The molecule has 3 nitrogen and oxygen atoms in total. The molecule has 1 N–H and O–H groups in total. The maximum absolute atomic E-state index is 10.8. The van der Waals surface area contributed by atoms with Crippen LogP contribution in [0.25, 0.3) is 5.57 Å². The van der Waals surface area contributed by atoms with E-state index in [0.717, 1.165) is 11.3 Å². The minimum atomic E-state index is -0.855. The van der Waals surface area contributed by atoms with E-state index in [-0.39, 0.29) is 6.42 Å². The summed E-state index contributed by atoms with van der Waals surface area (Å²) < 4.78 is 5.98. The lowest BCUT2D eigenvalue weighted by molar-refractivity contribution is -0.135. The van der Waals surface area contributed by atoms with Crippen molar-refractivity contribution < 1.29 is 14.6 Å². The molecular formula is C22H28O3. The zero-order valence-electron chi connectivity index (χ0n) is 14.9. The Bertz CT molecular complexity index is 648. The minimum Gasteiger partial charge on any atom is -0.489 e. The van der Waals surface area contributed by atoms with Gasteiger partial charge in [-0.3, -0.25) is 4.79 Å². The maximum atomic E-state index is 10.8. The Morgan fingerprint density at radius 2 is 1.84 bits per heavy atom. The lowest BCUT2D eigenvalue weighted by Gasteiger charge is -2.40. The molecule has 0 heterocycles. The van der Waals surface area contributed by atoms with E-state index in [9.17, 15) is 4.79 Å². The maximum Gasteiger partial charge on any atom is 0.307 e. The molecule has 25 heavy (non-hydrogen) atoms. The fraction of sp³-hybridized carbons (Fsp3) is 0.500. The molecule has 0 aliphatic heterocycles. The largest absolute Gasteiger partial charge is 0.489 e. The van der Waals surface area contributed by atoms with E-state index in [2.05, 4.69) is 12.7 Å². The summed E-state index contributed by atoms with van der Waals surface area (Å²) in [4.78, 5) is 10.8. The summed E-state index contributed by atoms with van der Waals surface area (Å²) in [6.45, 7) is 4.50. The molecule has 1 fully saturated rings. The molecule has 0 unspecified atom stereocenters. The van der Waals surface area contributed by atoms with E-state index in [1.165, 1.54) is 56.9 Å². The third kappa shape index (κ3) is 4.75. The number of aliphatic carboxylic acids is 1. The van der Waals surface area contributed by atoms with Crippen molar-refractivity contribution in [3.05, 3.63) is 48.1 Å². The first-order valence-corrected chi connectivity index (χ1v) is 9.37. The number of rotatable bonds is 6. The van der Waals surface area contributed by atoms with Gasteiger partial charge in [-0.1, -0.05) is 44.1 Å². The van der Waals surface area contributed by atoms with E-state index in [1.807, 2.05) is 24.3 Å². The number of carboxylic acids is 1. The molecule has 0 radical (unpaired) electrons. The lowest BCUT2D eigenvalue weighted by atomic mass is 9.65. The fourth-order valence-corrected chi connectivity index (χ4v) is 4.31. The monoisotopic (exact) mass is 340 g/mol. The van der Waals surface area contributed by atoms with Crippen LogP contribution in [0.4, 0.5) is 0 Å². The van der Waals surface area contributed by atoms with E-state index in [4.69, 9.17) is 9.84 Å². The van der Waals surface area contributed by atoms with Crippen molar-refractivity contribution in [1.29, 1.82) is 0 Å². The normalized spacial score (nSPS) is 19.3. The number of benzene rings is 1. The average molecular weight is 340 g/mol. The minimum absolute atomic E-state index is 0.0326. The standard InChI is InChI=1S/C22H28O3/c1-17(14-21(23)24)19-7-9-20(10-8-19)25-16-18-6-5-13-22(15-18)11-3-2-4-12-22/h6-10H,1-5,11-16H2,(H,23,24). The Morgan fingerprint density at radius 1 is 1.12 bits per heavy atom. The third-order valence-electron chi connectivity index (χ3n) is 5.68. The summed E-state index contributed by atoms with van der Waals surface area (Å²) >= 11 is 0. The van der Waals surface area contributed by atoms with Crippen molar-refractivity contribution in [1.82, 2.24) is 0 Å². The Labute approximate surface area is 150 Å². The van der Waals surface area contributed by atoms with Crippen molar-refractivity contribution in [2.45, 2.75) is 57.8 Å². The van der Waals surface area contributed by atoms with Gasteiger partial charge in [0, 0.05) is 0 Å². The molecule has 0 saturated heterocycles. The summed E-state index contributed by atoms with van der Waals surface area (Å²) in [7, 11) is 0. The van der Waals surface area contributed by atoms with Crippen molar-refractivity contribution in [3.8, 4) is 5.75 Å². The van der Waals surface area contributed by atoms with E-state index in [1.54, 1.807) is 0 Å². The summed E-state index contributed by atoms with van der Waals surface area (Å²) in [6.07, 6.45) is 13.0. The average Bonchev–Trinajstić information content (AvgIpc) is 2.61. The molecule has 2 aliphatic rings. The van der Waals surface area contributed by atoms with E-state index >= 15 is 0 Å². The van der Waals surface area contributed by atoms with Crippen LogP contribution in [0.3, 0.4) is 0 Å². The highest BCUT2D eigenvalue weighted by Gasteiger charge is 2.34. The molecule has 1 aromatic carbocycles. The molecule has 0 atom stereocenters. The number of hydrogen-bond donors (Lipinski definition) is 1. The van der Waals surface area contributed by atoms with Gasteiger partial charge in [0.05, 0.1) is 6.42 Å². The smallest absolute Gasteiger partial charge is 0.307 e. The summed E-state index contributed by atoms with van der Waals surface area (Å²) in [5, 5.41) is 8.84. The van der Waals surface area contributed by atoms with Crippen LogP contribution in [0.15, 0.2) is 42.5 Å². The first-order valence-electron chi connectivity index (χ1n) is 9.37. The molecule has 2 aliphatic carbocycles. The second kappa shape index (κ2) is 7.90. The topological polar surface area (TPSA) is 46.5 Å². The quantitative estimate of drug-likeness (QED) is 0.684. The van der Waals surface area contributed by atoms with Crippen LogP contribution in [0.5, 0.6) is 5.75 Å². The Balaban J connectivity index is 1.54. The van der Waals surface area contributed by atoms with Gasteiger partial charge >= 0.3 is 5.97 Å². The Kier molecular flexibility index (Phi) is 5.62. The summed E-state index contributed by atoms with van der Waals surface area (Å²) in [5.74, 6) is -0.0257. The second-order valence-electron chi connectivity index (χ2n) is 7.63. The van der Waals surface area contributed by atoms with Crippen molar-refractivity contribution in [3.63, 3.8) is 0 Å². The molecule has 1 aromatic rings. The van der Waals surface area contributed by atoms with Gasteiger partial charge in [-0.15, -0.1) is 0 Å². The van der Waals surface area contributed by atoms with Gasteiger partial charge in [0.15, 0.2) is 0 Å². The second-order valence-corrected chi connectivity index (χ2v) is 7.63. The third-order valence-corrected chi connectivity index (χ3v) is 5.68.